The van der Waals surface area contributed by atoms with Crippen LogP contribution in [0.25, 0.3) is 11.1 Å². The van der Waals surface area contributed by atoms with Crippen molar-refractivity contribution >= 4 is 0 Å². The summed E-state index contributed by atoms with van der Waals surface area (Å²) < 4.78 is 12.9. The van der Waals surface area contributed by atoms with E-state index in [1.165, 1.54) is 56.6 Å². The van der Waals surface area contributed by atoms with Gasteiger partial charge < -0.3 is 0 Å². The fourth-order valence-electron chi connectivity index (χ4n) is 3.71. The molecule has 0 unspecified atom stereocenters. The van der Waals surface area contributed by atoms with E-state index in [2.05, 4.69) is 36.2 Å². The Labute approximate surface area is 139 Å². The van der Waals surface area contributed by atoms with Crippen molar-refractivity contribution in [3.8, 4) is 11.1 Å². The number of pyridine rings is 1. The molecule has 0 N–H and O–H groups in total. The Morgan fingerprint density at radius 3 is 2.17 bits per heavy atom. The van der Waals surface area contributed by atoms with Crippen molar-refractivity contribution in [2.75, 3.05) is 0 Å². The third-order valence-electron chi connectivity index (χ3n) is 5.40. The fraction of sp³-hybridized carbons (Fsp3) is 0.476. The molecule has 0 radical (unpaired) electrons. The average Bonchev–Trinajstić information content (AvgIpc) is 2.61. The van der Waals surface area contributed by atoms with Gasteiger partial charge >= 0.3 is 0 Å². The summed E-state index contributed by atoms with van der Waals surface area (Å²) in [7, 11) is 0. The maximum Gasteiger partial charge on any atom is 0.212 e. The second-order valence-electron chi connectivity index (χ2n) is 6.90. The summed E-state index contributed by atoms with van der Waals surface area (Å²) in [6.45, 7) is 2.32. The van der Waals surface area contributed by atoms with Crippen LogP contribution in [0.15, 0.2) is 42.6 Å². The number of hydrogen-bond acceptors (Lipinski definition) is 1. The topological polar surface area (TPSA) is 12.9 Å². The lowest BCUT2D eigenvalue weighted by Crippen LogP contribution is -2.14. The van der Waals surface area contributed by atoms with Crippen molar-refractivity contribution in [1.82, 2.24) is 4.98 Å². The van der Waals surface area contributed by atoms with Crippen LogP contribution in [0.3, 0.4) is 0 Å². The van der Waals surface area contributed by atoms with E-state index >= 15 is 0 Å². The molecule has 1 aliphatic rings. The Morgan fingerprint density at radius 2 is 1.57 bits per heavy atom. The Morgan fingerprint density at radius 1 is 0.913 bits per heavy atom. The van der Waals surface area contributed by atoms with E-state index in [1.807, 2.05) is 0 Å². The summed E-state index contributed by atoms with van der Waals surface area (Å²) in [6, 6.07) is 11.8. The molecular formula is C21H26FN. The zero-order chi connectivity index (χ0) is 16.1. The quantitative estimate of drug-likeness (QED) is 0.614. The molecule has 0 bridgehead atoms. The largest absolute Gasteiger partial charge is 0.228 e. The molecular weight excluding hydrogens is 285 g/mol. The molecule has 0 saturated heterocycles. The summed E-state index contributed by atoms with van der Waals surface area (Å²) in [5.41, 5.74) is 3.47. The van der Waals surface area contributed by atoms with Gasteiger partial charge in [0.1, 0.15) is 0 Å². The van der Waals surface area contributed by atoms with Gasteiger partial charge in [-0.1, -0.05) is 63.3 Å². The first-order valence-electron chi connectivity index (χ1n) is 8.95. The van der Waals surface area contributed by atoms with Gasteiger partial charge in [0.15, 0.2) is 0 Å². The second-order valence-corrected chi connectivity index (χ2v) is 6.90. The highest BCUT2D eigenvalue weighted by atomic mass is 19.1. The minimum atomic E-state index is -0.428. The lowest BCUT2D eigenvalue weighted by Gasteiger charge is -2.27. The Kier molecular flexibility index (Phi) is 5.43. The standard InChI is InChI=1S/C21H26FN/c1-2-16-3-5-17(6-4-16)7-8-18-9-11-19(12-10-18)20-13-14-21(22)23-15-20/h9-17H,2-8H2,1H3. The lowest BCUT2D eigenvalue weighted by molar-refractivity contribution is 0.259. The number of aromatic nitrogens is 1. The normalized spacial score (nSPS) is 21.3. The molecule has 1 fully saturated rings. The van der Waals surface area contributed by atoms with Crippen LogP contribution in [0.1, 0.15) is 51.0 Å². The van der Waals surface area contributed by atoms with Crippen molar-refractivity contribution in [3.05, 3.63) is 54.1 Å². The molecule has 1 aliphatic carbocycles. The Balaban J connectivity index is 1.53. The maximum atomic E-state index is 12.9. The molecule has 2 aromatic rings. The molecule has 1 aromatic heterocycles. The van der Waals surface area contributed by atoms with Crippen LogP contribution >= 0.6 is 0 Å². The smallest absolute Gasteiger partial charge is 0.212 e. The molecule has 0 amide bonds. The number of rotatable bonds is 5. The molecule has 0 aliphatic heterocycles. The highest BCUT2D eigenvalue weighted by Crippen LogP contribution is 2.33. The molecule has 2 heteroatoms. The molecule has 0 atom stereocenters. The highest BCUT2D eigenvalue weighted by molar-refractivity contribution is 5.62. The summed E-state index contributed by atoms with van der Waals surface area (Å²) in [6.07, 6.45) is 11.1. The second kappa shape index (κ2) is 7.72. The lowest BCUT2D eigenvalue weighted by atomic mass is 9.78. The van der Waals surface area contributed by atoms with Gasteiger partial charge in [-0.3, -0.25) is 0 Å². The van der Waals surface area contributed by atoms with Crippen LogP contribution in [0.5, 0.6) is 0 Å². The van der Waals surface area contributed by atoms with Crippen LogP contribution in [0.4, 0.5) is 4.39 Å². The molecule has 1 nitrogen and oxygen atoms in total. The first kappa shape index (κ1) is 16.2. The fourth-order valence-corrected chi connectivity index (χ4v) is 3.71. The summed E-state index contributed by atoms with van der Waals surface area (Å²) >= 11 is 0. The number of aryl methyl sites for hydroxylation is 1. The molecule has 0 spiro atoms. The van der Waals surface area contributed by atoms with E-state index in [0.29, 0.717) is 0 Å². The average molecular weight is 311 g/mol. The van der Waals surface area contributed by atoms with Gasteiger partial charge in [0, 0.05) is 11.8 Å². The van der Waals surface area contributed by atoms with E-state index in [1.54, 1.807) is 12.3 Å². The van der Waals surface area contributed by atoms with Gasteiger partial charge in [-0.15, -0.1) is 0 Å². The minimum absolute atomic E-state index is 0.428. The van der Waals surface area contributed by atoms with Crippen LogP contribution < -0.4 is 0 Å². The van der Waals surface area contributed by atoms with Crippen molar-refractivity contribution in [1.29, 1.82) is 0 Å². The highest BCUT2D eigenvalue weighted by Gasteiger charge is 2.19. The predicted molar refractivity (Wildman–Crippen MR) is 93.7 cm³/mol. The monoisotopic (exact) mass is 311 g/mol. The SMILES string of the molecule is CCC1CCC(CCc2ccc(-c3ccc(F)nc3)cc2)CC1. The van der Waals surface area contributed by atoms with Gasteiger partial charge in [0.2, 0.25) is 5.95 Å². The van der Waals surface area contributed by atoms with Gasteiger partial charge in [-0.05, 0) is 47.9 Å². The summed E-state index contributed by atoms with van der Waals surface area (Å²) in [5, 5.41) is 0. The van der Waals surface area contributed by atoms with Crippen LogP contribution in [-0.2, 0) is 6.42 Å². The summed E-state index contributed by atoms with van der Waals surface area (Å²) in [5.74, 6) is 1.47. The van der Waals surface area contributed by atoms with Crippen molar-refractivity contribution in [3.63, 3.8) is 0 Å². The number of benzene rings is 1. The third kappa shape index (κ3) is 4.40. The van der Waals surface area contributed by atoms with Gasteiger partial charge in [-0.25, -0.2) is 4.98 Å². The minimum Gasteiger partial charge on any atom is -0.228 e. The molecule has 3 rings (SSSR count). The first-order chi connectivity index (χ1) is 11.2. The first-order valence-corrected chi connectivity index (χ1v) is 8.95. The molecule has 1 saturated carbocycles. The van der Waals surface area contributed by atoms with Gasteiger partial charge in [-0.2, -0.15) is 4.39 Å². The van der Waals surface area contributed by atoms with Crippen LogP contribution in [0, 0.1) is 17.8 Å². The molecule has 1 aromatic carbocycles. The Bertz CT molecular complexity index is 595. The molecule has 122 valence electrons. The van der Waals surface area contributed by atoms with E-state index < -0.39 is 5.95 Å². The summed E-state index contributed by atoms with van der Waals surface area (Å²) in [4.78, 5) is 3.72. The van der Waals surface area contributed by atoms with Gasteiger partial charge in [0.05, 0.1) is 0 Å². The Hall–Kier alpha value is -1.70. The van der Waals surface area contributed by atoms with Crippen molar-refractivity contribution in [2.24, 2.45) is 11.8 Å². The van der Waals surface area contributed by atoms with E-state index in [9.17, 15) is 4.39 Å². The molecule has 1 heterocycles. The molecule has 23 heavy (non-hydrogen) atoms. The van der Waals surface area contributed by atoms with E-state index in [-0.39, 0.29) is 0 Å². The van der Waals surface area contributed by atoms with E-state index in [0.717, 1.165) is 23.0 Å². The zero-order valence-electron chi connectivity index (χ0n) is 14.0. The predicted octanol–water partition coefficient (Wildman–Crippen LogP) is 6.04. The zero-order valence-corrected chi connectivity index (χ0v) is 14.0. The van der Waals surface area contributed by atoms with Gasteiger partial charge in [0.25, 0.3) is 0 Å². The third-order valence-corrected chi connectivity index (χ3v) is 5.40. The number of halogens is 1. The van der Waals surface area contributed by atoms with Crippen LogP contribution in [-0.4, -0.2) is 4.98 Å². The number of hydrogen-bond donors (Lipinski definition) is 0. The maximum absolute atomic E-state index is 12.9. The van der Waals surface area contributed by atoms with E-state index in [4.69, 9.17) is 0 Å². The van der Waals surface area contributed by atoms with Crippen molar-refractivity contribution < 1.29 is 4.39 Å². The van der Waals surface area contributed by atoms with Crippen molar-refractivity contribution in [2.45, 2.75) is 51.9 Å². The van der Waals surface area contributed by atoms with Crippen LogP contribution in [0.2, 0.25) is 0 Å². The number of nitrogens with zero attached hydrogens (tertiary/aromatic N) is 1.